The highest BCUT2D eigenvalue weighted by molar-refractivity contribution is 5.41. The lowest BCUT2D eigenvalue weighted by Gasteiger charge is -2.42. The van der Waals surface area contributed by atoms with E-state index in [4.69, 9.17) is 10.5 Å². The topological polar surface area (TPSA) is 87.7 Å². The van der Waals surface area contributed by atoms with Gasteiger partial charge in [0.15, 0.2) is 0 Å². The van der Waals surface area contributed by atoms with Gasteiger partial charge in [-0.05, 0) is 37.1 Å². The summed E-state index contributed by atoms with van der Waals surface area (Å²) in [5.41, 5.74) is 6.96. The Bertz CT molecular complexity index is 695. The van der Waals surface area contributed by atoms with Gasteiger partial charge in [-0.3, -0.25) is 4.90 Å². The normalized spacial score (nSPS) is 18.1. The van der Waals surface area contributed by atoms with Crippen molar-refractivity contribution in [1.82, 2.24) is 14.9 Å². The molecule has 3 rings (SSSR count). The highest BCUT2D eigenvalue weighted by atomic mass is 16.5. The SMILES string of the molecule is CCOc1ccc(CN2CCN(c3ccnc(N)n3)C[C@@H]2CCO)cc1. The van der Waals surface area contributed by atoms with Gasteiger partial charge in [0.05, 0.1) is 6.61 Å². The van der Waals surface area contributed by atoms with Crippen LogP contribution >= 0.6 is 0 Å². The van der Waals surface area contributed by atoms with Crippen LogP contribution in [0.5, 0.6) is 5.75 Å². The van der Waals surface area contributed by atoms with E-state index >= 15 is 0 Å². The minimum absolute atomic E-state index is 0.171. The number of nitrogen functional groups attached to an aromatic ring is 1. The van der Waals surface area contributed by atoms with Crippen LogP contribution in [0.15, 0.2) is 36.5 Å². The van der Waals surface area contributed by atoms with Gasteiger partial charge in [0.2, 0.25) is 5.95 Å². The molecule has 0 amide bonds. The summed E-state index contributed by atoms with van der Waals surface area (Å²) in [6, 6.07) is 10.4. The van der Waals surface area contributed by atoms with Crippen molar-refractivity contribution in [1.29, 1.82) is 0 Å². The lowest BCUT2D eigenvalue weighted by Crippen LogP contribution is -2.53. The second kappa shape index (κ2) is 8.82. The fraction of sp³-hybridized carbons (Fsp3) is 0.474. The second-order valence-corrected chi connectivity index (χ2v) is 6.43. The number of ether oxygens (including phenoxy) is 1. The fourth-order valence-electron chi connectivity index (χ4n) is 3.36. The van der Waals surface area contributed by atoms with Gasteiger partial charge in [0.25, 0.3) is 0 Å². The Labute approximate surface area is 154 Å². The van der Waals surface area contributed by atoms with Crippen LogP contribution in [0.25, 0.3) is 0 Å². The lowest BCUT2D eigenvalue weighted by molar-refractivity contribution is 0.135. The predicted octanol–water partition coefficient (Wildman–Crippen LogP) is 1.53. The number of hydrogen-bond acceptors (Lipinski definition) is 7. The average molecular weight is 357 g/mol. The number of aromatic nitrogens is 2. The van der Waals surface area contributed by atoms with Gasteiger partial charge in [-0.1, -0.05) is 12.1 Å². The second-order valence-electron chi connectivity index (χ2n) is 6.43. The summed E-state index contributed by atoms with van der Waals surface area (Å²) in [7, 11) is 0. The molecule has 0 radical (unpaired) electrons. The Morgan fingerprint density at radius 2 is 2.04 bits per heavy atom. The standard InChI is InChI=1S/C19H27N5O2/c1-2-26-17-5-3-15(4-6-17)13-23-10-11-24(14-16(23)8-12-25)18-7-9-21-19(20)22-18/h3-7,9,16,25H,2,8,10-14H2,1H3,(H2,20,21,22)/t16-/m0/s1. The van der Waals surface area contributed by atoms with Crippen LogP contribution in [-0.2, 0) is 6.54 Å². The van der Waals surface area contributed by atoms with E-state index in [1.165, 1.54) is 5.56 Å². The summed E-state index contributed by atoms with van der Waals surface area (Å²) >= 11 is 0. The lowest BCUT2D eigenvalue weighted by atomic mass is 10.1. The largest absolute Gasteiger partial charge is 0.494 e. The molecule has 0 aliphatic carbocycles. The summed E-state index contributed by atoms with van der Waals surface area (Å²) in [6.45, 7) is 6.28. The summed E-state index contributed by atoms with van der Waals surface area (Å²) in [5.74, 6) is 2.04. The zero-order chi connectivity index (χ0) is 18.4. The van der Waals surface area contributed by atoms with Gasteiger partial charge in [-0.15, -0.1) is 0 Å². The maximum atomic E-state index is 9.49. The third-order valence-corrected chi connectivity index (χ3v) is 4.67. The fourth-order valence-corrected chi connectivity index (χ4v) is 3.36. The van der Waals surface area contributed by atoms with Gasteiger partial charge >= 0.3 is 0 Å². The number of hydrogen-bond donors (Lipinski definition) is 2. The molecular weight excluding hydrogens is 330 g/mol. The first-order chi connectivity index (χ1) is 12.7. The Kier molecular flexibility index (Phi) is 6.25. The molecule has 140 valence electrons. The molecular formula is C19H27N5O2. The van der Waals surface area contributed by atoms with Crippen LogP contribution in [0.3, 0.4) is 0 Å². The number of nitrogens with two attached hydrogens (primary N) is 1. The van der Waals surface area contributed by atoms with Gasteiger partial charge in [-0.25, -0.2) is 4.98 Å². The van der Waals surface area contributed by atoms with Gasteiger partial charge in [-0.2, -0.15) is 4.98 Å². The van der Waals surface area contributed by atoms with Crippen molar-refractivity contribution in [2.75, 3.05) is 43.5 Å². The molecule has 26 heavy (non-hydrogen) atoms. The molecule has 1 aliphatic rings. The smallest absolute Gasteiger partial charge is 0.221 e. The van der Waals surface area contributed by atoms with E-state index in [9.17, 15) is 5.11 Å². The van der Waals surface area contributed by atoms with Crippen molar-refractivity contribution in [2.45, 2.75) is 25.9 Å². The highest BCUT2D eigenvalue weighted by Crippen LogP contribution is 2.22. The summed E-state index contributed by atoms with van der Waals surface area (Å²) in [6.07, 6.45) is 2.42. The van der Waals surface area contributed by atoms with Crippen molar-refractivity contribution in [3.8, 4) is 5.75 Å². The molecule has 2 heterocycles. The van der Waals surface area contributed by atoms with E-state index in [0.717, 1.165) is 44.2 Å². The van der Waals surface area contributed by atoms with Crippen LogP contribution in [0.1, 0.15) is 18.9 Å². The molecule has 7 heteroatoms. The number of nitrogens with zero attached hydrogens (tertiary/aromatic N) is 4. The third-order valence-electron chi connectivity index (χ3n) is 4.67. The van der Waals surface area contributed by atoms with Gasteiger partial charge < -0.3 is 20.5 Å². The molecule has 1 atom stereocenters. The summed E-state index contributed by atoms with van der Waals surface area (Å²) in [5, 5.41) is 9.49. The van der Waals surface area contributed by atoms with E-state index in [0.29, 0.717) is 6.61 Å². The maximum Gasteiger partial charge on any atom is 0.221 e. The quantitative estimate of drug-likeness (QED) is 0.777. The van der Waals surface area contributed by atoms with E-state index in [2.05, 4.69) is 31.9 Å². The molecule has 1 saturated heterocycles. The molecule has 0 bridgehead atoms. The molecule has 1 aliphatic heterocycles. The van der Waals surface area contributed by atoms with E-state index in [1.807, 2.05) is 25.1 Å². The Morgan fingerprint density at radius 3 is 2.73 bits per heavy atom. The zero-order valence-corrected chi connectivity index (χ0v) is 15.2. The molecule has 0 saturated carbocycles. The summed E-state index contributed by atoms with van der Waals surface area (Å²) < 4.78 is 5.51. The van der Waals surface area contributed by atoms with Crippen molar-refractivity contribution < 1.29 is 9.84 Å². The number of aliphatic hydroxyl groups is 1. The third kappa shape index (κ3) is 4.62. The van der Waals surface area contributed by atoms with Crippen molar-refractivity contribution >= 4 is 11.8 Å². The minimum Gasteiger partial charge on any atom is -0.494 e. The van der Waals surface area contributed by atoms with Crippen LogP contribution in [0.4, 0.5) is 11.8 Å². The molecule has 1 aromatic heterocycles. The number of benzene rings is 1. The Balaban J connectivity index is 1.66. The first-order valence-electron chi connectivity index (χ1n) is 9.09. The predicted molar refractivity (Wildman–Crippen MR) is 102 cm³/mol. The molecule has 1 aromatic carbocycles. The van der Waals surface area contributed by atoms with Crippen LogP contribution in [0.2, 0.25) is 0 Å². The first kappa shape index (κ1) is 18.4. The average Bonchev–Trinajstić information content (AvgIpc) is 2.65. The molecule has 0 spiro atoms. The number of anilines is 2. The van der Waals surface area contributed by atoms with E-state index in [-0.39, 0.29) is 18.6 Å². The summed E-state index contributed by atoms with van der Waals surface area (Å²) in [4.78, 5) is 12.9. The molecule has 7 nitrogen and oxygen atoms in total. The maximum absolute atomic E-state index is 9.49. The van der Waals surface area contributed by atoms with Crippen molar-refractivity contribution in [3.05, 3.63) is 42.1 Å². The zero-order valence-electron chi connectivity index (χ0n) is 15.2. The molecule has 2 aromatic rings. The Hall–Kier alpha value is -2.38. The van der Waals surface area contributed by atoms with Gasteiger partial charge in [0, 0.05) is 45.0 Å². The van der Waals surface area contributed by atoms with E-state index < -0.39 is 0 Å². The number of rotatable bonds is 7. The van der Waals surface area contributed by atoms with Crippen molar-refractivity contribution in [2.24, 2.45) is 0 Å². The molecule has 1 fully saturated rings. The van der Waals surface area contributed by atoms with Crippen LogP contribution in [-0.4, -0.2) is 58.9 Å². The number of piperazine rings is 1. The Morgan fingerprint density at radius 1 is 1.23 bits per heavy atom. The van der Waals surface area contributed by atoms with Crippen molar-refractivity contribution in [3.63, 3.8) is 0 Å². The monoisotopic (exact) mass is 357 g/mol. The van der Waals surface area contributed by atoms with E-state index in [1.54, 1.807) is 6.20 Å². The van der Waals surface area contributed by atoms with Gasteiger partial charge in [0.1, 0.15) is 11.6 Å². The van der Waals surface area contributed by atoms with Crippen LogP contribution in [0, 0.1) is 0 Å². The van der Waals surface area contributed by atoms with Crippen LogP contribution < -0.4 is 15.4 Å². The molecule has 0 unspecified atom stereocenters. The first-order valence-corrected chi connectivity index (χ1v) is 9.09. The molecule has 3 N–H and O–H groups in total. The highest BCUT2D eigenvalue weighted by Gasteiger charge is 2.27. The number of aliphatic hydroxyl groups excluding tert-OH is 1. The minimum atomic E-state index is 0.171.